The Morgan fingerprint density at radius 2 is 1.89 bits per heavy atom. The molecule has 1 atom stereocenters. The Bertz CT molecular complexity index is 424. The number of carbonyl (C=O) groups excluding carboxylic acids is 1. The predicted molar refractivity (Wildman–Crippen MR) is 72.6 cm³/mol. The number of rotatable bonds is 2. The molecule has 0 saturated carbocycles. The number of para-hydroxylation sites is 1. The summed E-state index contributed by atoms with van der Waals surface area (Å²) in [6, 6.07) is 6.72. The number of nitrogens with zero attached hydrogens (tertiary/aromatic N) is 1. The van der Waals surface area contributed by atoms with Gasteiger partial charge in [-0.3, -0.25) is 0 Å². The molecule has 1 aromatic carbocycles. The lowest BCUT2D eigenvalue weighted by Gasteiger charge is -2.30. The van der Waals surface area contributed by atoms with Crippen molar-refractivity contribution in [1.29, 1.82) is 0 Å². The van der Waals surface area contributed by atoms with Crippen LogP contribution >= 0.6 is 0 Å². The zero-order valence-corrected chi connectivity index (χ0v) is 11.7. The molecule has 4 heteroatoms. The van der Waals surface area contributed by atoms with Crippen LogP contribution in [0.5, 0.6) is 5.75 Å². The van der Waals surface area contributed by atoms with Crippen LogP contribution in [0.4, 0.5) is 4.79 Å². The van der Waals surface area contributed by atoms with Crippen LogP contribution in [0.25, 0.3) is 0 Å². The first-order chi connectivity index (χ1) is 8.22. The summed E-state index contributed by atoms with van der Waals surface area (Å²) in [5.74, 6) is 0.209. The van der Waals surface area contributed by atoms with Crippen molar-refractivity contribution in [2.45, 2.75) is 39.3 Å². The number of hydrogen-bond acceptors (Lipinski definition) is 2. The molecular weight excluding hydrogens is 228 g/mol. The van der Waals surface area contributed by atoms with Gasteiger partial charge in [0.25, 0.3) is 0 Å². The number of nitrogens with one attached hydrogen (secondary N) is 1. The van der Waals surface area contributed by atoms with Crippen LogP contribution in [0, 0.1) is 0 Å². The molecule has 0 saturated heterocycles. The molecule has 0 fully saturated rings. The van der Waals surface area contributed by atoms with Crippen molar-refractivity contribution in [2.75, 3.05) is 7.05 Å². The minimum absolute atomic E-state index is 0.154. The lowest BCUT2D eigenvalue weighted by Crippen LogP contribution is -2.47. The molecule has 1 rings (SSSR count). The second kappa shape index (κ2) is 5.29. The van der Waals surface area contributed by atoms with E-state index < -0.39 is 0 Å². The number of phenolic OH excluding ortho intramolecular Hbond substituents is 1. The van der Waals surface area contributed by atoms with E-state index in [0.717, 1.165) is 5.56 Å². The summed E-state index contributed by atoms with van der Waals surface area (Å²) in [4.78, 5) is 13.6. The third-order valence-electron chi connectivity index (χ3n) is 2.77. The van der Waals surface area contributed by atoms with Crippen LogP contribution in [0.3, 0.4) is 0 Å². The van der Waals surface area contributed by atoms with Gasteiger partial charge in [0.1, 0.15) is 5.75 Å². The molecule has 0 aliphatic carbocycles. The molecule has 0 bridgehead atoms. The second-order valence-electron chi connectivity index (χ2n) is 5.53. The van der Waals surface area contributed by atoms with Gasteiger partial charge in [-0.15, -0.1) is 0 Å². The van der Waals surface area contributed by atoms with Crippen molar-refractivity contribution >= 4 is 6.03 Å². The minimum Gasteiger partial charge on any atom is -0.508 e. The van der Waals surface area contributed by atoms with E-state index in [9.17, 15) is 9.90 Å². The molecule has 0 heterocycles. The first-order valence-corrected chi connectivity index (χ1v) is 6.05. The average Bonchev–Trinajstić information content (AvgIpc) is 2.25. The highest BCUT2D eigenvalue weighted by atomic mass is 16.3. The SMILES string of the molecule is CC(c1ccccc1O)N(C)C(=O)NC(C)(C)C. The van der Waals surface area contributed by atoms with Gasteiger partial charge >= 0.3 is 6.03 Å². The topological polar surface area (TPSA) is 52.6 Å². The van der Waals surface area contributed by atoms with E-state index >= 15 is 0 Å². The van der Waals surface area contributed by atoms with Crippen LogP contribution in [0.15, 0.2) is 24.3 Å². The summed E-state index contributed by atoms with van der Waals surface area (Å²) in [7, 11) is 1.72. The highest BCUT2D eigenvalue weighted by molar-refractivity contribution is 5.75. The summed E-state index contributed by atoms with van der Waals surface area (Å²) < 4.78 is 0. The standard InChI is InChI=1S/C14H22N2O2/c1-10(11-8-6-7-9-12(11)17)16(5)13(18)15-14(2,3)4/h6-10,17H,1-5H3,(H,15,18). The number of carbonyl (C=O) groups is 1. The molecule has 1 aromatic rings. The summed E-state index contributed by atoms with van der Waals surface area (Å²) >= 11 is 0. The van der Waals surface area contributed by atoms with Crippen molar-refractivity contribution in [3.05, 3.63) is 29.8 Å². The van der Waals surface area contributed by atoms with Gasteiger partial charge < -0.3 is 15.3 Å². The van der Waals surface area contributed by atoms with Crippen molar-refractivity contribution in [3.8, 4) is 5.75 Å². The van der Waals surface area contributed by atoms with Crippen molar-refractivity contribution in [2.24, 2.45) is 0 Å². The van der Waals surface area contributed by atoms with Crippen molar-refractivity contribution < 1.29 is 9.90 Å². The molecule has 18 heavy (non-hydrogen) atoms. The summed E-state index contributed by atoms with van der Waals surface area (Å²) in [5.41, 5.74) is 0.466. The second-order valence-corrected chi connectivity index (χ2v) is 5.53. The number of hydrogen-bond donors (Lipinski definition) is 2. The third-order valence-corrected chi connectivity index (χ3v) is 2.77. The Balaban J connectivity index is 2.82. The first-order valence-electron chi connectivity index (χ1n) is 6.05. The zero-order valence-electron chi connectivity index (χ0n) is 11.7. The molecular formula is C14H22N2O2. The Hall–Kier alpha value is -1.71. The van der Waals surface area contributed by atoms with Crippen LogP contribution in [-0.4, -0.2) is 28.6 Å². The van der Waals surface area contributed by atoms with Crippen LogP contribution in [-0.2, 0) is 0 Å². The summed E-state index contributed by atoms with van der Waals surface area (Å²) in [6.45, 7) is 7.69. The maximum Gasteiger partial charge on any atom is 0.318 e. The predicted octanol–water partition coefficient (Wildman–Crippen LogP) is 2.89. The molecule has 0 spiro atoms. The van der Waals surface area contributed by atoms with E-state index in [0.29, 0.717) is 0 Å². The molecule has 100 valence electrons. The van der Waals surface area contributed by atoms with Crippen LogP contribution < -0.4 is 5.32 Å². The van der Waals surface area contributed by atoms with Gasteiger partial charge in [0.05, 0.1) is 6.04 Å². The Morgan fingerprint density at radius 3 is 2.39 bits per heavy atom. The fraction of sp³-hybridized carbons (Fsp3) is 0.500. The maximum absolute atomic E-state index is 12.0. The largest absolute Gasteiger partial charge is 0.508 e. The molecule has 0 aliphatic heterocycles. The van der Waals surface area contributed by atoms with E-state index in [2.05, 4.69) is 5.32 Å². The van der Waals surface area contributed by atoms with Gasteiger partial charge in [-0.05, 0) is 33.8 Å². The molecule has 0 radical (unpaired) electrons. The van der Waals surface area contributed by atoms with Gasteiger partial charge in [-0.25, -0.2) is 4.79 Å². The number of benzene rings is 1. The van der Waals surface area contributed by atoms with Crippen molar-refractivity contribution in [1.82, 2.24) is 10.2 Å². The quantitative estimate of drug-likeness (QED) is 0.848. The van der Waals surface area contributed by atoms with Gasteiger partial charge in [-0.2, -0.15) is 0 Å². The van der Waals surface area contributed by atoms with Gasteiger partial charge in [-0.1, -0.05) is 18.2 Å². The van der Waals surface area contributed by atoms with Crippen LogP contribution in [0.1, 0.15) is 39.3 Å². The Labute approximate surface area is 109 Å². The number of amides is 2. The lowest BCUT2D eigenvalue weighted by atomic mass is 10.1. The summed E-state index contributed by atoms with van der Waals surface area (Å²) in [6.07, 6.45) is 0. The average molecular weight is 250 g/mol. The molecule has 4 nitrogen and oxygen atoms in total. The van der Waals surface area contributed by atoms with Gasteiger partial charge in [0.15, 0.2) is 0 Å². The van der Waals surface area contributed by atoms with E-state index in [-0.39, 0.29) is 23.4 Å². The molecule has 0 aromatic heterocycles. The smallest absolute Gasteiger partial charge is 0.318 e. The minimum atomic E-state index is -0.274. The fourth-order valence-corrected chi connectivity index (χ4v) is 1.63. The monoisotopic (exact) mass is 250 g/mol. The van der Waals surface area contributed by atoms with E-state index in [1.807, 2.05) is 39.8 Å². The number of aromatic hydroxyl groups is 1. The highest BCUT2D eigenvalue weighted by Crippen LogP contribution is 2.27. The number of phenols is 1. The zero-order chi connectivity index (χ0) is 13.9. The lowest BCUT2D eigenvalue weighted by molar-refractivity contribution is 0.184. The van der Waals surface area contributed by atoms with E-state index in [4.69, 9.17) is 0 Å². The van der Waals surface area contributed by atoms with Gasteiger partial charge in [0.2, 0.25) is 0 Å². The Kier molecular flexibility index (Phi) is 4.22. The molecule has 0 aliphatic rings. The normalized spacial score (nSPS) is 12.9. The van der Waals surface area contributed by atoms with Crippen molar-refractivity contribution in [3.63, 3.8) is 0 Å². The maximum atomic E-state index is 12.0. The van der Waals surface area contributed by atoms with Gasteiger partial charge in [0, 0.05) is 18.2 Å². The number of urea groups is 1. The molecule has 1 unspecified atom stereocenters. The summed E-state index contributed by atoms with van der Waals surface area (Å²) in [5, 5.41) is 12.7. The van der Waals surface area contributed by atoms with Crippen LogP contribution in [0.2, 0.25) is 0 Å². The van der Waals surface area contributed by atoms with E-state index in [1.54, 1.807) is 24.1 Å². The van der Waals surface area contributed by atoms with E-state index in [1.165, 1.54) is 0 Å². The molecule has 2 N–H and O–H groups in total. The molecule has 2 amide bonds. The Morgan fingerprint density at radius 1 is 1.33 bits per heavy atom. The fourth-order valence-electron chi connectivity index (χ4n) is 1.63. The highest BCUT2D eigenvalue weighted by Gasteiger charge is 2.22. The first kappa shape index (κ1) is 14.4. The third kappa shape index (κ3) is 3.65.